The largest absolute Gasteiger partial charge is 0.392 e. The van der Waals surface area contributed by atoms with E-state index in [-0.39, 0.29) is 11.7 Å². The first kappa shape index (κ1) is 13.3. The van der Waals surface area contributed by atoms with Gasteiger partial charge in [-0.05, 0) is 19.3 Å². The topological polar surface area (TPSA) is 50.7 Å². The summed E-state index contributed by atoms with van der Waals surface area (Å²) in [7, 11) is 0. The fourth-order valence-corrected chi connectivity index (χ4v) is 2.80. The maximum Gasteiger partial charge on any atom is 0.0951 e. The van der Waals surface area contributed by atoms with Crippen molar-refractivity contribution in [3.8, 4) is 0 Å². The first-order valence-electron chi connectivity index (χ1n) is 6.87. The van der Waals surface area contributed by atoms with E-state index in [2.05, 4.69) is 12.2 Å². The molecule has 2 saturated heterocycles. The molecule has 100 valence electrons. The van der Waals surface area contributed by atoms with Gasteiger partial charge >= 0.3 is 0 Å². The van der Waals surface area contributed by atoms with E-state index in [1.54, 1.807) is 0 Å². The van der Waals surface area contributed by atoms with E-state index in [9.17, 15) is 5.11 Å². The molecule has 4 nitrogen and oxygen atoms in total. The Hall–Kier alpha value is -0.160. The zero-order valence-electron chi connectivity index (χ0n) is 10.8. The third-order valence-corrected chi connectivity index (χ3v) is 3.82. The van der Waals surface area contributed by atoms with E-state index in [1.807, 2.05) is 0 Å². The van der Waals surface area contributed by atoms with Crippen LogP contribution >= 0.6 is 0 Å². The van der Waals surface area contributed by atoms with Crippen LogP contribution in [0.2, 0.25) is 0 Å². The predicted octanol–water partition coefficient (Wildman–Crippen LogP) is 1.08. The van der Waals surface area contributed by atoms with Gasteiger partial charge in [-0.1, -0.05) is 13.3 Å². The van der Waals surface area contributed by atoms with Gasteiger partial charge < -0.3 is 19.9 Å². The van der Waals surface area contributed by atoms with Gasteiger partial charge in [-0.3, -0.25) is 0 Å². The number of nitrogens with one attached hydrogen (secondary N) is 1. The first-order valence-corrected chi connectivity index (χ1v) is 6.87. The van der Waals surface area contributed by atoms with Crippen LogP contribution in [-0.4, -0.2) is 49.2 Å². The van der Waals surface area contributed by atoms with Gasteiger partial charge in [0.2, 0.25) is 0 Å². The highest BCUT2D eigenvalue weighted by Crippen LogP contribution is 2.32. The van der Waals surface area contributed by atoms with E-state index in [0.29, 0.717) is 12.6 Å². The van der Waals surface area contributed by atoms with Crippen LogP contribution in [0.5, 0.6) is 0 Å². The molecule has 0 aromatic heterocycles. The normalized spacial score (nSPS) is 35.3. The van der Waals surface area contributed by atoms with Crippen molar-refractivity contribution < 1.29 is 14.6 Å². The number of hydrogen-bond acceptors (Lipinski definition) is 4. The minimum atomic E-state index is -0.210. The van der Waals surface area contributed by atoms with Crippen molar-refractivity contribution in [3.05, 3.63) is 0 Å². The molecule has 0 bridgehead atoms. The van der Waals surface area contributed by atoms with Crippen LogP contribution in [0.4, 0.5) is 0 Å². The highest BCUT2D eigenvalue weighted by Gasteiger charge is 2.40. The van der Waals surface area contributed by atoms with Crippen molar-refractivity contribution in [1.82, 2.24) is 5.32 Å². The van der Waals surface area contributed by atoms with Crippen molar-refractivity contribution >= 4 is 0 Å². The van der Waals surface area contributed by atoms with Gasteiger partial charge in [-0.15, -0.1) is 0 Å². The van der Waals surface area contributed by atoms with Crippen molar-refractivity contribution in [1.29, 1.82) is 0 Å². The molecule has 0 saturated carbocycles. The third kappa shape index (κ3) is 3.65. The summed E-state index contributed by atoms with van der Waals surface area (Å²) >= 11 is 0. The molecule has 0 aromatic carbocycles. The summed E-state index contributed by atoms with van der Waals surface area (Å²) in [4.78, 5) is 0. The average Bonchev–Trinajstić information content (AvgIpc) is 2.75. The number of ether oxygens (including phenoxy) is 2. The predicted molar refractivity (Wildman–Crippen MR) is 66.1 cm³/mol. The zero-order valence-corrected chi connectivity index (χ0v) is 10.8. The van der Waals surface area contributed by atoms with Crippen LogP contribution in [0.25, 0.3) is 0 Å². The van der Waals surface area contributed by atoms with Gasteiger partial charge in [0.15, 0.2) is 0 Å². The van der Waals surface area contributed by atoms with Crippen molar-refractivity contribution in [2.75, 3.05) is 26.4 Å². The second-order valence-electron chi connectivity index (χ2n) is 5.37. The van der Waals surface area contributed by atoms with Crippen LogP contribution in [0, 0.1) is 0 Å². The molecular formula is C13H25NO3. The van der Waals surface area contributed by atoms with Gasteiger partial charge in [0, 0.05) is 32.2 Å². The quantitative estimate of drug-likeness (QED) is 0.758. The fourth-order valence-electron chi connectivity index (χ4n) is 2.80. The molecule has 0 amide bonds. The van der Waals surface area contributed by atoms with Gasteiger partial charge in [-0.25, -0.2) is 0 Å². The number of aliphatic hydroxyl groups is 1. The molecule has 2 aliphatic heterocycles. The highest BCUT2D eigenvalue weighted by atomic mass is 16.6. The summed E-state index contributed by atoms with van der Waals surface area (Å²) < 4.78 is 11.3. The first-order chi connectivity index (χ1) is 8.24. The minimum Gasteiger partial charge on any atom is -0.392 e. The summed E-state index contributed by atoms with van der Waals surface area (Å²) in [6.07, 6.45) is 4.78. The molecule has 2 fully saturated rings. The molecule has 2 rings (SSSR count). The Morgan fingerprint density at radius 1 is 1.47 bits per heavy atom. The summed E-state index contributed by atoms with van der Waals surface area (Å²) in [5, 5.41) is 13.2. The standard InChI is InChI=1S/C13H25NO3/c1-2-3-12(15)9-14-11-4-6-17-13(8-11)5-7-16-10-13/h11-12,14-15H,2-10H2,1H3. The van der Waals surface area contributed by atoms with Gasteiger partial charge in [0.25, 0.3) is 0 Å². The third-order valence-electron chi connectivity index (χ3n) is 3.82. The molecule has 0 radical (unpaired) electrons. The lowest BCUT2D eigenvalue weighted by molar-refractivity contribution is -0.0900. The fraction of sp³-hybridized carbons (Fsp3) is 1.00. The summed E-state index contributed by atoms with van der Waals surface area (Å²) in [5.74, 6) is 0. The van der Waals surface area contributed by atoms with E-state index >= 15 is 0 Å². The van der Waals surface area contributed by atoms with Crippen molar-refractivity contribution in [2.45, 2.75) is 56.8 Å². The van der Waals surface area contributed by atoms with E-state index < -0.39 is 0 Å². The van der Waals surface area contributed by atoms with Crippen LogP contribution in [0.15, 0.2) is 0 Å². The number of hydrogen-bond donors (Lipinski definition) is 2. The summed E-state index contributed by atoms with van der Waals surface area (Å²) in [6.45, 7) is 5.18. The molecule has 0 aromatic rings. The molecule has 1 spiro atoms. The summed E-state index contributed by atoms with van der Waals surface area (Å²) in [5.41, 5.74) is -0.0361. The maximum atomic E-state index is 9.72. The van der Waals surface area contributed by atoms with Gasteiger partial charge in [-0.2, -0.15) is 0 Å². The van der Waals surface area contributed by atoms with Crippen LogP contribution in [0.3, 0.4) is 0 Å². The van der Waals surface area contributed by atoms with Crippen molar-refractivity contribution in [2.24, 2.45) is 0 Å². The minimum absolute atomic E-state index is 0.0361. The zero-order chi connectivity index (χ0) is 12.1. The summed E-state index contributed by atoms with van der Waals surface area (Å²) in [6, 6.07) is 0.469. The van der Waals surface area contributed by atoms with Crippen LogP contribution < -0.4 is 5.32 Å². The van der Waals surface area contributed by atoms with Crippen LogP contribution in [0.1, 0.15) is 39.0 Å². The maximum absolute atomic E-state index is 9.72. The Kier molecular flexibility index (Phi) is 4.79. The molecule has 3 atom stereocenters. The molecule has 3 unspecified atom stereocenters. The second-order valence-corrected chi connectivity index (χ2v) is 5.37. The van der Waals surface area contributed by atoms with Gasteiger partial charge in [0.05, 0.1) is 18.3 Å². The molecule has 2 heterocycles. The van der Waals surface area contributed by atoms with Crippen LogP contribution in [-0.2, 0) is 9.47 Å². The Morgan fingerprint density at radius 3 is 3.06 bits per heavy atom. The number of rotatable bonds is 5. The monoisotopic (exact) mass is 243 g/mol. The second kappa shape index (κ2) is 6.14. The SMILES string of the molecule is CCCC(O)CNC1CCOC2(CCOC2)C1. The molecule has 0 aliphatic carbocycles. The lowest BCUT2D eigenvalue weighted by Crippen LogP contribution is -2.48. The van der Waals surface area contributed by atoms with Crippen molar-refractivity contribution in [3.63, 3.8) is 0 Å². The number of aliphatic hydroxyl groups excluding tert-OH is 1. The molecule has 2 aliphatic rings. The smallest absolute Gasteiger partial charge is 0.0951 e. The molecular weight excluding hydrogens is 218 g/mol. The Morgan fingerprint density at radius 2 is 2.35 bits per heavy atom. The van der Waals surface area contributed by atoms with Gasteiger partial charge in [0.1, 0.15) is 0 Å². The lowest BCUT2D eigenvalue weighted by Gasteiger charge is -2.37. The van der Waals surface area contributed by atoms with E-state index in [1.165, 1.54) is 0 Å². The lowest BCUT2D eigenvalue weighted by atomic mass is 9.89. The molecule has 4 heteroatoms. The molecule has 17 heavy (non-hydrogen) atoms. The average molecular weight is 243 g/mol. The van der Waals surface area contributed by atoms with E-state index in [0.717, 1.165) is 51.9 Å². The van der Waals surface area contributed by atoms with E-state index in [4.69, 9.17) is 9.47 Å². The Bertz CT molecular complexity index is 229. The Labute approximate surface area is 104 Å². The highest BCUT2D eigenvalue weighted by molar-refractivity contribution is 4.92. The Balaban J connectivity index is 1.74. The molecule has 2 N–H and O–H groups in total.